The van der Waals surface area contributed by atoms with Gasteiger partial charge in [-0.3, -0.25) is 9.59 Å². The molecule has 3 aliphatic rings. The fraction of sp³-hybridized carbons (Fsp3) is 0.636. The minimum absolute atomic E-state index is 0.205. The van der Waals surface area contributed by atoms with Crippen LogP contribution in [-0.2, 0) is 9.59 Å². The number of Topliss-reactive ketones (excluding diaryl/α,β-unsaturated/α-hetero) is 1. The van der Waals surface area contributed by atoms with Crippen molar-refractivity contribution in [1.29, 1.82) is 0 Å². The summed E-state index contributed by atoms with van der Waals surface area (Å²) in [4.78, 5) is 30.5. The first-order valence-electron chi connectivity index (χ1n) is 9.97. The maximum absolute atomic E-state index is 13.5. The molecule has 2 aliphatic carbocycles. The lowest BCUT2D eigenvalue weighted by atomic mass is 9.64. The number of methoxy groups -OCH3 is 1. The number of nitrogens with zero attached hydrogens (tertiary/aromatic N) is 2. The van der Waals surface area contributed by atoms with Gasteiger partial charge in [-0.05, 0) is 42.5 Å². The number of rotatable bonds is 3. The van der Waals surface area contributed by atoms with Gasteiger partial charge in [0.05, 0.1) is 12.5 Å². The molecule has 5 heteroatoms. The van der Waals surface area contributed by atoms with Gasteiger partial charge in [-0.1, -0.05) is 20.8 Å². The first kappa shape index (κ1) is 18.3. The van der Waals surface area contributed by atoms with E-state index >= 15 is 0 Å². The Morgan fingerprint density at radius 3 is 2.11 bits per heavy atom. The molecule has 2 atom stereocenters. The van der Waals surface area contributed by atoms with E-state index in [1.807, 2.05) is 17.0 Å². The van der Waals surface area contributed by atoms with E-state index in [1.54, 1.807) is 7.11 Å². The van der Waals surface area contributed by atoms with Crippen molar-refractivity contribution < 1.29 is 14.3 Å². The van der Waals surface area contributed by atoms with Crippen LogP contribution in [0.25, 0.3) is 0 Å². The third-order valence-electron chi connectivity index (χ3n) is 8.12. The van der Waals surface area contributed by atoms with E-state index in [1.165, 1.54) is 0 Å². The molecule has 2 bridgehead atoms. The van der Waals surface area contributed by atoms with E-state index in [0.29, 0.717) is 19.5 Å². The number of anilines is 1. The number of benzene rings is 1. The molecule has 0 spiro atoms. The SMILES string of the molecule is COc1ccc(N2CCN(C(=O)[C@]34CC[C@@](C)(C(=O)C3)C4(C)C)CC2)cc1. The lowest BCUT2D eigenvalue weighted by Gasteiger charge is -2.44. The van der Waals surface area contributed by atoms with Gasteiger partial charge >= 0.3 is 0 Å². The van der Waals surface area contributed by atoms with Crippen molar-refractivity contribution >= 4 is 17.4 Å². The smallest absolute Gasteiger partial charge is 0.229 e. The molecule has 0 aromatic heterocycles. The van der Waals surface area contributed by atoms with E-state index in [-0.39, 0.29) is 22.5 Å². The van der Waals surface area contributed by atoms with Crippen LogP contribution >= 0.6 is 0 Å². The van der Waals surface area contributed by atoms with Crippen LogP contribution in [0.3, 0.4) is 0 Å². The fourth-order valence-electron chi connectivity index (χ4n) is 5.60. The second-order valence-electron chi connectivity index (χ2n) is 9.12. The normalized spacial score (nSPS) is 32.1. The Bertz CT molecular complexity index is 764. The molecule has 27 heavy (non-hydrogen) atoms. The second-order valence-corrected chi connectivity index (χ2v) is 9.12. The summed E-state index contributed by atoms with van der Waals surface area (Å²) >= 11 is 0. The molecule has 3 fully saturated rings. The quantitative estimate of drug-likeness (QED) is 0.820. The molecule has 0 unspecified atom stereocenters. The predicted octanol–water partition coefficient (Wildman–Crippen LogP) is 3.13. The molecule has 4 rings (SSSR count). The number of amides is 1. The van der Waals surface area contributed by atoms with Gasteiger partial charge in [0.15, 0.2) is 0 Å². The van der Waals surface area contributed by atoms with Gasteiger partial charge in [0, 0.05) is 43.7 Å². The van der Waals surface area contributed by atoms with Gasteiger partial charge in [0.1, 0.15) is 11.5 Å². The van der Waals surface area contributed by atoms with Crippen molar-refractivity contribution in [2.24, 2.45) is 16.2 Å². The van der Waals surface area contributed by atoms with Gasteiger partial charge in [-0.2, -0.15) is 0 Å². The molecule has 0 N–H and O–H groups in total. The zero-order valence-electron chi connectivity index (χ0n) is 16.9. The fourth-order valence-corrected chi connectivity index (χ4v) is 5.60. The number of hydrogen-bond acceptors (Lipinski definition) is 4. The maximum atomic E-state index is 13.5. The zero-order chi connectivity index (χ0) is 19.4. The van der Waals surface area contributed by atoms with Crippen LogP contribution in [0.15, 0.2) is 24.3 Å². The number of carbonyl (C=O) groups is 2. The molecule has 1 aromatic carbocycles. The first-order valence-corrected chi connectivity index (χ1v) is 9.97. The summed E-state index contributed by atoms with van der Waals surface area (Å²) in [7, 11) is 1.67. The number of carbonyl (C=O) groups excluding carboxylic acids is 2. The van der Waals surface area contributed by atoms with Crippen LogP contribution in [0.4, 0.5) is 5.69 Å². The van der Waals surface area contributed by atoms with Crippen molar-refractivity contribution in [1.82, 2.24) is 4.90 Å². The van der Waals surface area contributed by atoms with Crippen LogP contribution < -0.4 is 9.64 Å². The van der Waals surface area contributed by atoms with Crippen LogP contribution in [0, 0.1) is 16.2 Å². The van der Waals surface area contributed by atoms with Crippen LogP contribution in [-0.4, -0.2) is 49.9 Å². The number of ketones is 1. The highest BCUT2D eigenvalue weighted by Crippen LogP contribution is 2.71. The van der Waals surface area contributed by atoms with Crippen molar-refractivity contribution in [3.8, 4) is 5.75 Å². The van der Waals surface area contributed by atoms with Crippen LogP contribution in [0.5, 0.6) is 5.75 Å². The lowest BCUT2D eigenvalue weighted by molar-refractivity contribution is -0.148. The molecular weight excluding hydrogens is 340 g/mol. The van der Waals surface area contributed by atoms with Gasteiger partial charge in [-0.15, -0.1) is 0 Å². The highest BCUT2D eigenvalue weighted by molar-refractivity contribution is 5.99. The maximum Gasteiger partial charge on any atom is 0.229 e. The third-order valence-corrected chi connectivity index (χ3v) is 8.12. The predicted molar refractivity (Wildman–Crippen MR) is 105 cm³/mol. The molecule has 1 amide bonds. The van der Waals surface area contributed by atoms with E-state index in [0.717, 1.165) is 37.4 Å². The monoisotopic (exact) mass is 370 g/mol. The largest absolute Gasteiger partial charge is 0.497 e. The summed E-state index contributed by atoms with van der Waals surface area (Å²) < 4.78 is 5.23. The van der Waals surface area contributed by atoms with Crippen molar-refractivity contribution in [2.45, 2.75) is 40.0 Å². The van der Waals surface area contributed by atoms with E-state index < -0.39 is 5.41 Å². The molecule has 1 aliphatic heterocycles. The summed E-state index contributed by atoms with van der Waals surface area (Å²) in [6, 6.07) is 8.07. The number of hydrogen-bond donors (Lipinski definition) is 0. The highest BCUT2D eigenvalue weighted by atomic mass is 16.5. The molecule has 2 saturated carbocycles. The number of fused-ring (bicyclic) bond motifs is 2. The molecule has 0 radical (unpaired) electrons. The van der Waals surface area contributed by atoms with Gasteiger partial charge in [0.25, 0.3) is 0 Å². The highest BCUT2D eigenvalue weighted by Gasteiger charge is 2.73. The third kappa shape index (κ3) is 2.36. The van der Waals surface area contributed by atoms with Crippen molar-refractivity contribution in [3.05, 3.63) is 24.3 Å². The molecule has 146 valence electrons. The standard InChI is InChI=1S/C22H30N2O3/c1-20(2)21(3)9-10-22(20,15-18(21)25)19(26)24-13-11-23(12-14-24)16-5-7-17(27-4)8-6-16/h5-8H,9-15H2,1-4H3/t21-,22-/m0/s1. The van der Waals surface area contributed by atoms with Crippen molar-refractivity contribution in [2.75, 3.05) is 38.2 Å². The first-order chi connectivity index (χ1) is 12.7. The Labute approximate surface area is 161 Å². The molecular formula is C22H30N2O3. The minimum Gasteiger partial charge on any atom is -0.497 e. The van der Waals surface area contributed by atoms with Crippen LogP contribution in [0.1, 0.15) is 40.0 Å². The summed E-state index contributed by atoms with van der Waals surface area (Å²) in [6.07, 6.45) is 2.12. The molecule has 1 saturated heterocycles. The van der Waals surface area contributed by atoms with E-state index in [9.17, 15) is 9.59 Å². The summed E-state index contributed by atoms with van der Waals surface area (Å²) in [5.74, 6) is 1.34. The average Bonchev–Trinajstić information content (AvgIpc) is 2.98. The molecule has 1 heterocycles. The topological polar surface area (TPSA) is 49.9 Å². The Balaban J connectivity index is 1.47. The van der Waals surface area contributed by atoms with E-state index in [4.69, 9.17) is 4.74 Å². The summed E-state index contributed by atoms with van der Waals surface area (Å²) in [5.41, 5.74) is 0.0570. The Hall–Kier alpha value is -2.04. The minimum atomic E-state index is -0.499. The second kappa shape index (κ2) is 5.98. The Morgan fingerprint density at radius 2 is 1.63 bits per heavy atom. The lowest BCUT2D eigenvalue weighted by Crippen LogP contribution is -2.55. The summed E-state index contributed by atoms with van der Waals surface area (Å²) in [5, 5.41) is 0. The van der Waals surface area contributed by atoms with Gasteiger partial charge < -0.3 is 14.5 Å². The Morgan fingerprint density at radius 1 is 1.00 bits per heavy atom. The van der Waals surface area contributed by atoms with Crippen LogP contribution in [0.2, 0.25) is 0 Å². The zero-order valence-corrected chi connectivity index (χ0v) is 16.9. The molecule has 1 aromatic rings. The van der Waals surface area contributed by atoms with Gasteiger partial charge in [0.2, 0.25) is 5.91 Å². The number of ether oxygens (including phenoxy) is 1. The Kier molecular flexibility index (Phi) is 4.06. The van der Waals surface area contributed by atoms with Crippen molar-refractivity contribution in [3.63, 3.8) is 0 Å². The van der Waals surface area contributed by atoms with E-state index in [2.05, 4.69) is 37.8 Å². The molecule has 5 nitrogen and oxygen atoms in total. The van der Waals surface area contributed by atoms with Gasteiger partial charge in [-0.25, -0.2) is 0 Å². The average molecular weight is 370 g/mol. The summed E-state index contributed by atoms with van der Waals surface area (Å²) in [6.45, 7) is 9.41. The number of piperazine rings is 1.